The lowest BCUT2D eigenvalue weighted by atomic mass is 10.1. The van der Waals surface area contributed by atoms with E-state index >= 15 is 0 Å². The number of thiazole rings is 1. The molecule has 0 saturated heterocycles. The summed E-state index contributed by atoms with van der Waals surface area (Å²) in [7, 11) is 0. The van der Waals surface area contributed by atoms with Gasteiger partial charge in [0.15, 0.2) is 0 Å². The number of aryl methyl sites for hydroxylation is 1. The Morgan fingerprint density at radius 1 is 1.17 bits per heavy atom. The second-order valence-electron chi connectivity index (χ2n) is 6.73. The normalized spacial score (nSPS) is 11.5. The minimum Gasteiger partial charge on any atom is -0.494 e. The molecule has 0 N–H and O–H groups in total. The van der Waals surface area contributed by atoms with Crippen molar-refractivity contribution in [2.75, 3.05) is 6.61 Å². The Kier molecular flexibility index (Phi) is 5.80. The molecule has 0 atom stereocenters. The van der Waals surface area contributed by atoms with Crippen LogP contribution in [0.3, 0.4) is 0 Å². The van der Waals surface area contributed by atoms with E-state index in [0.29, 0.717) is 27.9 Å². The highest BCUT2D eigenvalue weighted by Crippen LogP contribution is 2.30. The quantitative estimate of drug-likeness (QED) is 0.258. The summed E-state index contributed by atoms with van der Waals surface area (Å²) in [6.45, 7) is 4.60. The summed E-state index contributed by atoms with van der Waals surface area (Å²) in [6.07, 6.45) is 1.75. The van der Waals surface area contributed by atoms with Gasteiger partial charge in [-0.2, -0.15) is 5.26 Å². The molecule has 0 radical (unpaired) electrons. The maximum Gasteiger partial charge on any atom is 0.137 e. The first-order valence-electron chi connectivity index (χ1n) is 9.45. The molecule has 0 aliphatic carbocycles. The van der Waals surface area contributed by atoms with Crippen LogP contribution in [0.25, 0.3) is 33.8 Å². The van der Waals surface area contributed by atoms with Crippen molar-refractivity contribution < 1.29 is 4.74 Å². The van der Waals surface area contributed by atoms with Gasteiger partial charge in [-0.25, -0.2) is 9.97 Å². The standard InChI is InChI=1S/C24H18ClN3OS/c1-3-29-20-8-6-16(7-9-20)22-14-30-24(28-22)19(13-26)12-18-11-17-5-4-15(2)10-21(17)27-23(18)25/h4-12,14H,3H2,1-2H3/b19-12+. The molecule has 4 rings (SSSR count). The highest BCUT2D eigenvalue weighted by Gasteiger charge is 2.11. The lowest BCUT2D eigenvalue weighted by molar-refractivity contribution is 0.340. The number of hydrogen-bond acceptors (Lipinski definition) is 5. The van der Waals surface area contributed by atoms with Crippen LogP contribution in [0.2, 0.25) is 5.15 Å². The van der Waals surface area contributed by atoms with Gasteiger partial charge in [-0.3, -0.25) is 0 Å². The number of benzene rings is 2. The van der Waals surface area contributed by atoms with Gasteiger partial charge in [0.2, 0.25) is 0 Å². The second kappa shape index (κ2) is 8.66. The monoisotopic (exact) mass is 431 g/mol. The Balaban J connectivity index is 1.67. The lowest BCUT2D eigenvalue weighted by Gasteiger charge is -2.04. The van der Waals surface area contributed by atoms with E-state index in [1.807, 2.05) is 67.8 Å². The van der Waals surface area contributed by atoms with Crippen molar-refractivity contribution in [1.29, 1.82) is 5.26 Å². The van der Waals surface area contributed by atoms with E-state index in [1.54, 1.807) is 6.08 Å². The van der Waals surface area contributed by atoms with Crippen LogP contribution >= 0.6 is 22.9 Å². The van der Waals surface area contributed by atoms with Crippen LogP contribution in [-0.4, -0.2) is 16.6 Å². The van der Waals surface area contributed by atoms with E-state index in [4.69, 9.17) is 16.3 Å². The molecule has 2 heterocycles. The molecular formula is C24H18ClN3OS. The summed E-state index contributed by atoms with van der Waals surface area (Å²) >= 11 is 7.82. The van der Waals surface area contributed by atoms with E-state index in [0.717, 1.165) is 33.5 Å². The van der Waals surface area contributed by atoms with Gasteiger partial charge in [-0.1, -0.05) is 23.7 Å². The van der Waals surface area contributed by atoms with Crippen molar-refractivity contribution in [2.45, 2.75) is 13.8 Å². The average molecular weight is 432 g/mol. The fraction of sp³-hybridized carbons (Fsp3) is 0.125. The minimum atomic E-state index is 0.365. The fourth-order valence-corrected chi connectivity index (χ4v) is 4.08. The SMILES string of the molecule is CCOc1ccc(-c2csc(/C(C#N)=C/c3cc4ccc(C)cc4nc3Cl)n2)cc1. The van der Waals surface area contributed by atoms with Crippen molar-refractivity contribution in [1.82, 2.24) is 9.97 Å². The predicted molar refractivity (Wildman–Crippen MR) is 124 cm³/mol. The molecule has 0 saturated carbocycles. The summed E-state index contributed by atoms with van der Waals surface area (Å²) in [5.74, 6) is 0.822. The number of pyridine rings is 1. The summed E-state index contributed by atoms with van der Waals surface area (Å²) in [4.78, 5) is 9.13. The summed E-state index contributed by atoms with van der Waals surface area (Å²) in [5.41, 5.74) is 4.89. The number of nitrogens with zero attached hydrogens (tertiary/aromatic N) is 3. The van der Waals surface area contributed by atoms with Gasteiger partial charge in [0, 0.05) is 21.9 Å². The van der Waals surface area contributed by atoms with Crippen molar-refractivity contribution in [3.63, 3.8) is 0 Å². The van der Waals surface area contributed by atoms with Crippen LogP contribution in [0, 0.1) is 18.3 Å². The van der Waals surface area contributed by atoms with E-state index < -0.39 is 0 Å². The zero-order chi connectivity index (χ0) is 21.1. The molecule has 30 heavy (non-hydrogen) atoms. The van der Waals surface area contributed by atoms with Crippen molar-refractivity contribution in [3.05, 3.63) is 75.2 Å². The second-order valence-corrected chi connectivity index (χ2v) is 7.95. The molecule has 2 aromatic heterocycles. The molecule has 148 valence electrons. The molecule has 6 heteroatoms. The average Bonchev–Trinajstić information content (AvgIpc) is 3.23. The third kappa shape index (κ3) is 4.20. The van der Waals surface area contributed by atoms with Crippen molar-refractivity contribution >= 4 is 45.5 Å². The third-order valence-corrected chi connectivity index (χ3v) is 5.75. The maximum absolute atomic E-state index is 9.72. The molecule has 0 aliphatic heterocycles. The molecule has 0 unspecified atom stereocenters. The fourth-order valence-electron chi connectivity index (χ4n) is 3.09. The van der Waals surface area contributed by atoms with Crippen molar-refractivity contribution in [2.24, 2.45) is 0 Å². The van der Waals surface area contributed by atoms with Gasteiger partial charge in [-0.05, 0) is 61.9 Å². The number of rotatable bonds is 5. The number of ether oxygens (including phenoxy) is 1. The minimum absolute atomic E-state index is 0.365. The molecule has 0 amide bonds. The maximum atomic E-state index is 9.72. The molecule has 0 fully saturated rings. The van der Waals surface area contributed by atoms with Crippen LogP contribution in [0.5, 0.6) is 5.75 Å². The van der Waals surface area contributed by atoms with E-state index in [9.17, 15) is 5.26 Å². The highest BCUT2D eigenvalue weighted by molar-refractivity contribution is 7.11. The number of halogens is 1. The van der Waals surface area contributed by atoms with Crippen LogP contribution in [-0.2, 0) is 0 Å². The number of hydrogen-bond donors (Lipinski definition) is 0. The molecule has 0 bridgehead atoms. The van der Waals surface area contributed by atoms with E-state index in [1.165, 1.54) is 11.3 Å². The number of allylic oxidation sites excluding steroid dienone is 1. The molecule has 2 aromatic carbocycles. The smallest absolute Gasteiger partial charge is 0.137 e. The molecule has 0 spiro atoms. The summed E-state index contributed by atoms with van der Waals surface area (Å²) < 4.78 is 5.48. The summed E-state index contributed by atoms with van der Waals surface area (Å²) in [5, 5.41) is 13.6. The van der Waals surface area contributed by atoms with Gasteiger partial charge >= 0.3 is 0 Å². The number of nitriles is 1. The van der Waals surface area contributed by atoms with Gasteiger partial charge < -0.3 is 4.74 Å². The topological polar surface area (TPSA) is 58.8 Å². The zero-order valence-electron chi connectivity index (χ0n) is 16.5. The predicted octanol–water partition coefficient (Wildman–Crippen LogP) is 6.78. The van der Waals surface area contributed by atoms with Crippen LogP contribution in [0.1, 0.15) is 23.1 Å². The van der Waals surface area contributed by atoms with E-state index in [-0.39, 0.29) is 0 Å². The van der Waals surface area contributed by atoms with Gasteiger partial charge in [-0.15, -0.1) is 11.3 Å². The zero-order valence-corrected chi connectivity index (χ0v) is 18.1. The Hall–Kier alpha value is -3.20. The Bertz CT molecular complexity index is 1290. The molecule has 0 aliphatic rings. The number of fused-ring (bicyclic) bond motifs is 1. The molecular weight excluding hydrogens is 414 g/mol. The Morgan fingerprint density at radius 2 is 1.97 bits per heavy atom. The van der Waals surface area contributed by atoms with Gasteiger partial charge in [0.05, 0.1) is 23.4 Å². The van der Waals surface area contributed by atoms with E-state index in [2.05, 4.69) is 16.0 Å². The largest absolute Gasteiger partial charge is 0.494 e. The Labute approximate surface area is 184 Å². The van der Waals surface area contributed by atoms with Crippen molar-refractivity contribution in [3.8, 4) is 23.1 Å². The molecule has 4 aromatic rings. The Morgan fingerprint density at radius 3 is 2.70 bits per heavy atom. The first-order chi connectivity index (χ1) is 14.6. The highest BCUT2D eigenvalue weighted by atomic mass is 35.5. The third-order valence-electron chi connectivity index (χ3n) is 4.57. The summed E-state index contributed by atoms with van der Waals surface area (Å²) in [6, 6.07) is 18.0. The van der Waals surface area contributed by atoms with Crippen LogP contribution in [0.15, 0.2) is 53.9 Å². The number of aromatic nitrogens is 2. The van der Waals surface area contributed by atoms with Gasteiger partial charge in [0.1, 0.15) is 22.0 Å². The first-order valence-corrected chi connectivity index (χ1v) is 10.7. The first kappa shape index (κ1) is 20.1. The van der Waals surface area contributed by atoms with Gasteiger partial charge in [0.25, 0.3) is 0 Å². The molecule has 4 nitrogen and oxygen atoms in total. The van der Waals surface area contributed by atoms with Crippen LogP contribution < -0.4 is 4.74 Å². The lowest BCUT2D eigenvalue weighted by Crippen LogP contribution is -1.90. The van der Waals surface area contributed by atoms with Crippen LogP contribution in [0.4, 0.5) is 0 Å².